The number of nitrogens with two attached hydrogens (primary N) is 1. The van der Waals surface area contributed by atoms with Gasteiger partial charge < -0.3 is 15.6 Å². The van der Waals surface area contributed by atoms with Crippen LogP contribution in [-0.4, -0.2) is 28.8 Å². The number of nitrogens with one attached hydrogen (secondary N) is 1. The Morgan fingerprint density at radius 2 is 1.92 bits per heavy atom. The topological polar surface area (TPSA) is 115 Å². The number of aryl methyl sites for hydroxylation is 1. The van der Waals surface area contributed by atoms with Gasteiger partial charge in [-0.2, -0.15) is 0 Å². The molecule has 0 saturated carbocycles. The van der Waals surface area contributed by atoms with Gasteiger partial charge in [-0.05, 0) is 13.3 Å². The zero-order chi connectivity index (χ0) is 18.4. The van der Waals surface area contributed by atoms with Crippen LogP contribution in [0.25, 0.3) is 11.3 Å². The van der Waals surface area contributed by atoms with Gasteiger partial charge in [0.1, 0.15) is 5.56 Å². The highest BCUT2D eigenvalue weighted by atomic mass is 16.5. The van der Waals surface area contributed by atoms with Gasteiger partial charge in [0.05, 0.1) is 11.7 Å². The van der Waals surface area contributed by atoms with E-state index in [-0.39, 0.29) is 5.56 Å². The van der Waals surface area contributed by atoms with Crippen molar-refractivity contribution in [1.29, 1.82) is 0 Å². The minimum Gasteiger partial charge on any atom is -0.363 e. The van der Waals surface area contributed by atoms with Gasteiger partial charge in [-0.25, -0.2) is 0 Å². The number of nitrogens with zero attached hydrogens (tertiary/aromatic N) is 1. The van der Waals surface area contributed by atoms with Gasteiger partial charge in [-0.3, -0.25) is 14.4 Å². The molecule has 1 aromatic heterocycles. The molecule has 0 radical (unpaired) electrons. The molecule has 0 fully saturated rings. The second-order valence-electron chi connectivity index (χ2n) is 5.73. The summed E-state index contributed by atoms with van der Waals surface area (Å²) < 4.78 is 5.29. The van der Waals surface area contributed by atoms with Gasteiger partial charge >= 0.3 is 0 Å². The standard InChI is InChI=1S/C18H21N3O4/c1-3-4-10-13(15(22)17(19)23)20-18(24)14-11(2)21-25-16(14)12-8-6-5-7-9-12/h5-9,13H,3-4,10H2,1-2H3,(H2,19,23)(H,20,24). The summed E-state index contributed by atoms with van der Waals surface area (Å²) in [5.41, 5.74) is 6.42. The van der Waals surface area contributed by atoms with E-state index in [1.165, 1.54) is 0 Å². The summed E-state index contributed by atoms with van der Waals surface area (Å²) >= 11 is 0. The van der Waals surface area contributed by atoms with Crippen molar-refractivity contribution >= 4 is 17.6 Å². The van der Waals surface area contributed by atoms with Crippen LogP contribution in [0.1, 0.15) is 42.2 Å². The van der Waals surface area contributed by atoms with Crippen LogP contribution in [0.4, 0.5) is 0 Å². The number of rotatable bonds is 8. The Hall–Kier alpha value is -2.96. The van der Waals surface area contributed by atoms with Crippen LogP contribution in [0.5, 0.6) is 0 Å². The minimum atomic E-state index is -1.06. The Bertz CT molecular complexity index is 768. The maximum absolute atomic E-state index is 12.7. The first-order valence-corrected chi connectivity index (χ1v) is 8.11. The van der Waals surface area contributed by atoms with Crippen molar-refractivity contribution in [2.24, 2.45) is 5.73 Å². The van der Waals surface area contributed by atoms with Crippen molar-refractivity contribution in [2.45, 2.75) is 39.2 Å². The molecule has 0 aliphatic heterocycles. The Labute approximate surface area is 145 Å². The zero-order valence-corrected chi connectivity index (χ0v) is 14.2. The third kappa shape index (κ3) is 4.32. The number of primary amides is 1. The fourth-order valence-electron chi connectivity index (χ4n) is 2.50. The maximum Gasteiger partial charge on any atom is 0.287 e. The predicted molar refractivity (Wildman–Crippen MR) is 91.7 cm³/mol. The SMILES string of the molecule is CCCCC(NC(=O)c1c(C)noc1-c1ccccc1)C(=O)C(N)=O. The van der Waals surface area contributed by atoms with Crippen LogP contribution in [-0.2, 0) is 9.59 Å². The van der Waals surface area contributed by atoms with Crippen molar-refractivity contribution in [2.75, 3.05) is 0 Å². The molecule has 0 saturated heterocycles. The molecule has 25 heavy (non-hydrogen) atoms. The summed E-state index contributed by atoms with van der Waals surface area (Å²) in [7, 11) is 0. The maximum atomic E-state index is 12.7. The Balaban J connectivity index is 2.29. The van der Waals surface area contributed by atoms with Gasteiger partial charge in [0.15, 0.2) is 5.76 Å². The molecule has 1 aromatic carbocycles. The Kier molecular flexibility index (Phi) is 6.05. The van der Waals surface area contributed by atoms with Crippen LogP contribution in [0.15, 0.2) is 34.9 Å². The average Bonchev–Trinajstić information content (AvgIpc) is 3.00. The second-order valence-corrected chi connectivity index (χ2v) is 5.73. The van der Waals surface area contributed by atoms with Gasteiger partial charge in [0, 0.05) is 5.56 Å². The summed E-state index contributed by atoms with van der Waals surface area (Å²) in [6.45, 7) is 3.59. The highest BCUT2D eigenvalue weighted by Crippen LogP contribution is 2.26. The highest BCUT2D eigenvalue weighted by Gasteiger charge is 2.28. The van der Waals surface area contributed by atoms with E-state index in [1.807, 2.05) is 25.1 Å². The molecule has 7 nitrogen and oxygen atoms in total. The molecular weight excluding hydrogens is 322 g/mol. The molecule has 1 heterocycles. The quantitative estimate of drug-likeness (QED) is 0.711. The molecule has 2 amide bonds. The molecule has 132 valence electrons. The van der Waals surface area contributed by atoms with Crippen LogP contribution in [0.2, 0.25) is 0 Å². The molecule has 0 aliphatic carbocycles. The summed E-state index contributed by atoms with van der Waals surface area (Å²) in [5, 5.41) is 6.45. The lowest BCUT2D eigenvalue weighted by Crippen LogP contribution is -2.46. The van der Waals surface area contributed by atoms with E-state index in [1.54, 1.807) is 19.1 Å². The second kappa shape index (κ2) is 8.23. The van der Waals surface area contributed by atoms with E-state index in [9.17, 15) is 14.4 Å². The molecular formula is C18H21N3O4. The van der Waals surface area contributed by atoms with Crippen molar-refractivity contribution < 1.29 is 18.9 Å². The van der Waals surface area contributed by atoms with Crippen LogP contribution < -0.4 is 11.1 Å². The lowest BCUT2D eigenvalue weighted by Gasteiger charge is -2.15. The first-order valence-electron chi connectivity index (χ1n) is 8.11. The molecule has 2 rings (SSSR count). The number of Topliss-reactive ketones (excluding diaryl/α,β-unsaturated/α-hetero) is 1. The van der Waals surface area contributed by atoms with E-state index in [0.29, 0.717) is 29.9 Å². The number of ketones is 1. The molecule has 0 spiro atoms. The summed E-state index contributed by atoms with van der Waals surface area (Å²) in [6, 6.07) is 8.10. The fraction of sp³-hybridized carbons (Fsp3) is 0.333. The number of carbonyl (C=O) groups is 3. The summed E-state index contributed by atoms with van der Waals surface area (Å²) in [5.74, 6) is -2.08. The molecule has 1 atom stereocenters. The van der Waals surface area contributed by atoms with Gasteiger partial charge in [-0.1, -0.05) is 55.3 Å². The first kappa shape index (κ1) is 18.4. The highest BCUT2D eigenvalue weighted by molar-refractivity contribution is 6.38. The lowest BCUT2D eigenvalue weighted by molar-refractivity contribution is -0.137. The number of carbonyl (C=O) groups excluding carboxylic acids is 3. The van der Waals surface area contributed by atoms with E-state index < -0.39 is 23.6 Å². The number of amides is 2. The van der Waals surface area contributed by atoms with Gasteiger partial charge in [-0.15, -0.1) is 0 Å². The van der Waals surface area contributed by atoms with E-state index in [0.717, 1.165) is 6.42 Å². The first-order chi connectivity index (χ1) is 12.0. The van der Waals surface area contributed by atoms with Gasteiger partial charge in [0.25, 0.3) is 11.8 Å². The Morgan fingerprint density at radius 3 is 2.52 bits per heavy atom. The third-order valence-electron chi connectivity index (χ3n) is 3.84. The molecule has 0 bridgehead atoms. The zero-order valence-electron chi connectivity index (χ0n) is 14.2. The average molecular weight is 343 g/mol. The number of hydrogen-bond donors (Lipinski definition) is 2. The van der Waals surface area contributed by atoms with E-state index in [2.05, 4.69) is 10.5 Å². The largest absolute Gasteiger partial charge is 0.363 e. The van der Waals surface area contributed by atoms with Crippen molar-refractivity contribution in [3.05, 3.63) is 41.6 Å². The third-order valence-corrected chi connectivity index (χ3v) is 3.84. The predicted octanol–water partition coefficient (Wildman–Crippen LogP) is 1.99. The lowest BCUT2D eigenvalue weighted by atomic mass is 10.0. The van der Waals surface area contributed by atoms with E-state index >= 15 is 0 Å². The molecule has 1 unspecified atom stereocenters. The van der Waals surface area contributed by atoms with Crippen molar-refractivity contribution in [3.8, 4) is 11.3 Å². The molecule has 7 heteroatoms. The summed E-state index contributed by atoms with van der Waals surface area (Å²) in [4.78, 5) is 35.9. The van der Waals surface area contributed by atoms with Crippen LogP contribution >= 0.6 is 0 Å². The minimum absolute atomic E-state index is 0.241. The van der Waals surface area contributed by atoms with Gasteiger partial charge in [0.2, 0.25) is 5.78 Å². The molecule has 3 N–H and O–H groups in total. The summed E-state index contributed by atoms with van der Waals surface area (Å²) in [6.07, 6.45) is 1.84. The number of hydrogen-bond acceptors (Lipinski definition) is 5. The molecule has 0 aliphatic rings. The van der Waals surface area contributed by atoms with Crippen LogP contribution in [0.3, 0.4) is 0 Å². The fourth-order valence-corrected chi connectivity index (χ4v) is 2.50. The van der Waals surface area contributed by atoms with E-state index in [4.69, 9.17) is 10.3 Å². The number of aromatic nitrogens is 1. The van der Waals surface area contributed by atoms with Crippen LogP contribution in [0, 0.1) is 6.92 Å². The Morgan fingerprint density at radius 1 is 1.24 bits per heavy atom. The normalized spacial score (nSPS) is 11.8. The monoisotopic (exact) mass is 343 g/mol. The number of benzene rings is 1. The molecule has 2 aromatic rings. The number of unbranched alkanes of at least 4 members (excludes halogenated alkanes) is 1. The smallest absolute Gasteiger partial charge is 0.287 e. The van der Waals surface area contributed by atoms with Crippen molar-refractivity contribution in [1.82, 2.24) is 10.5 Å². The van der Waals surface area contributed by atoms with Crippen molar-refractivity contribution in [3.63, 3.8) is 0 Å².